The molecular formula is C25H21N3OS. The molecule has 4 aromatic rings. The number of carbonyl (C=O) groups excluding carboxylic acids is 1. The summed E-state index contributed by atoms with van der Waals surface area (Å²) in [5.74, 6) is 0.442. The summed E-state index contributed by atoms with van der Waals surface area (Å²) < 4.78 is 0. The van der Waals surface area contributed by atoms with Crippen molar-refractivity contribution in [3.63, 3.8) is 0 Å². The van der Waals surface area contributed by atoms with Crippen LogP contribution in [0.25, 0.3) is 22.0 Å². The van der Waals surface area contributed by atoms with Gasteiger partial charge in [0.25, 0.3) is 0 Å². The number of hydrogen-bond acceptors (Lipinski definition) is 4. The first-order valence-corrected chi connectivity index (χ1v) is 11.0. The second kappa shape index (κ2) is 7.92. The van der Waals surface area contributed by atoms with Gasteiger partial charge in [-0.25, -0.2) is 0 Å². The van der Waals surface area contributed by atoms with E-state index in [1.54, 1.807) is 0 Å². The highest BCUT2D eigenvalue weighted by atomic mass is 32.2. The van der Waals surface area contributed by atoms with Gasteiger partial charge in [0.1, 0.15) is 10.7 Å². The van der Waals surface area contributed by atoms with Gasteiger partial charge in [-0.2, -0.15) is 0 Å². The number of fused-ring (bicyclic) bond motifs is 2. The van der Waals surface area contributed by atoms with Crippen LogP contribution in [0.2, 0.25) is 0 Å². The number of rotatable bonds is 4. The third-order valence-corrected chi connectivity index (χ3v) is 6.48. The highest BCUT2D eigenvalue weighted by molar-refractivity contribution is 8.00. The van der Waals surface area contributed by atoms with Gasteiger partial charge < -0.3 is 4.90 Å². The molecule has 148 valence electrons. The van der Waals surface area contributed by atoms with Gasteiger partial charge in [0.05, 0.1) is 5.75 Å². The first-order valence-electron chi connectivity index (χ1n) is 10.1. The average Bonchev–Trinajstić information content (AvgIpc) is 3.13. The number of nitrogens with zero attached hydrogens (tertiary/aromatic N) is 3. The molecule has 1 aliphatic rings. The van der Waals surface area contributed by atoms with Crippen molar-refractivity contribution in [2.24, 2.45) is 0 Å². The summed E-state index contributed by atoms with van der Waals surface area (Å²) in [5.41, 5.74) is 4.17. The number of carbonyl (C=O) groups is 1. The summed E-state index contributed by atoms with van der Waals surface area (Å²) in [6, 6.07) is 26.6. The Labute approximate surface area is 179 Å². The zero-order chi connectivity index (χ0) is 20.5. The topological polar surface area (TPSA) is 46.1 Å². The lowest BCUT2D eigenvalue weighted by molar-refractivity contribution is -0.116. The van der Waals surface area contributed by atoms with Crippen LogP contribution in [-0.2, 0) is 11.2 Å². The fraction of sp³-hybridized carbons (Fsp3) is 0.160. The van der Waals surface area contributed by atoms with Gasteiger partial charge in [0.15, 0.2) is 0 Å². The number of hydrogen-bond donors (Lipinski definition) is 0. The molecule has 1 amide bonds. The fourth-order valence-electron chi connectivity index (χ4n) is 4.14. The molecule has 30 heavy (non-hydrogen) atoms. The Bertz CT molecular complexity index is 1230. The van der Waals surface area contributed by atoms with E-state index in [1.165, 1.54) is 17.3 Å². The molecule has 0 saturated heterocycles. The van der Waals surface area contributed by atoms with Crippen molar-refractivity contribution in [2.75, 3.05) is 10.7 Å². The molecular weight excluding hydrogens is 390 g/mol. The maximum Gasteiger partial charge on any atom is 0.237 e. The summed E-state index contributed by atoms with van der Waals surface area (Å²) >= 11 is 1.46. The summed E-state index contributed by atoms with van der Waals surface area (Å²) in [4.78, 5) is 15.0. The zero-order valence-electron chi connectivity index (χ0n) is 16.7. The summed E-state index contributed by atoms with van der Waals surface area (Å²) in [7, 11) is 0. The van der Waals surface area contributed by atoms with E-state index in [0.717, 1.165) is 39.2 Å². The largest absolute Gasteiger partial charge is 0.308 e. The van der Waals surface area contributed by atoms with Gasteiger partial charge in [-0.15, -0.1) is 10.2 Å². The molecule has 0 saturated carbocycles. The minimum Gasteiger partial charge on any atom is -0.308 e. The molecule has 4 nitrogen and oxygen atoms in total. The van der Waals surface area contributed by atoms with Gasteiger partial charge in [0, 0.05) is 28.1 Å². The molecule has 5 heteroatoms. The second-order valence-electron chi connectivity index (χ2n) is 7.50. The Morgan fingerprint density at radius 2 is 1.63 bits per heavy atom. The predicted molar refractivity (Wildman–Crippen MR) is 123 cm³/mol. The van der Waals surface area contributed by atoms with Crippen molar-refractivity contribution >= 4 is 34.1 Å². The third kappa shape index (κ3) is 3.35. The molecule has 0 fully saturated rings. The number of aromatic nitrogens is 2. The van der Waals surface area contributed by atoms with E-state index >= 15 is 0 Å². The number of thioether (sulfide) groups is 1. The standard InChI is InChI=1S/C25H21N3OS/c1-17-15-19-11-5-8-14-22(19)28(17)23(29)16-30-25-21-13-7-6-12-20(21)24(26-27-25)18-9-3-2-4-10-18/h2-14,17H,15-16H2,1H3/t17-/m1/s1. The monoisotopic (exact) mass is 411 g/mol. The molecule has 5 rings (SSSR count). The SMILES string of the molecule is C[C@@H]1Cc2ccccc2N1C(=O)CSc1nnc(-c2ccccc2)c2ccccc12. The fourth-order valence-corrected chi connectivity index (χ4v) is 4.97. The van der Waals surface area contributed by atoms with Crippen LogP contribution in [0, 0.1) is 0 Å². The van der Waals surface area contributed by atoms with Crippen LogP contribution < -0.4 is 4.90 Å². The zero-order valence-corrected chi connectivity index (χ0v) is 17.5. The van der Waals surface area contributed by atoms with Crippen LogP contribution in [0.3, 0.4) is 0 Å². The van der Waals surface area contributed by atoms with Gasteiger partial charge in [0.2, 0.25) is 5.91 Å². The lowest BCUT2D eigenvalue weighted by Crippen LogP contribution is -2.37. The van der Waals surface area contributed by atoms with Crippen LogP contribution in [0.4, 0.5) is 5.69 Å². The molecule has 2 heterocycles. The third-order valence-electron chi connectivity index (χ3n) is 5.51. The molecule has 0 aliphatic carbocycles. The van der Waals surface area contributed by atoms with E-state index in [2.05, 4.69) is 35.3 Å². The molecule has 0 N–H and O–H groups in total. The normalized spacial score (nSPS) is 15.4. The first-order chi connectivity index (χ1) is 14.7. The number of para-hydroxylation sites is 1. The Balaban J connectivity index is 1.42. The Hall–Kier alpha value is -3.18. The molecule has 0 spiro atoms. The summed E-state index contributed by atoms with van der Waals surface area (Å²) in [5, 5.41) is 11.9. The summed E-state index contributed by atoms with van der Waals surface area (Å²) in [6.07, 6.45) is 0.904. The van der Waals surface area contributed by atoms with Crippen LogP contribution >= 0.6 is 11.8 Å². The van der Waals surface area contributed by atoms with Crippen LogP contribution in [0.5, 0.6) is 0 Å². The predicted octanol–water partition coefficient (Wildman–Crippen LogP) is 5.37. The van der Waals surface area contributed by atoms with Crippen molar-refractivity contribution in [3.05, 3.63) is 84.4 Å². The van der Waals surface area contributed by atoms with Gasteiger partial charge in [-0.1, -0.05) is 84.6 Å². The maximum atomic E-state index is 13.1. The average molecular weight is 412 g/mol. The number of anilines is 1. The van der Waals surface area contributed by atoms with Crippen molar-refractivity contribution in [1.29, 1.82) is 0 Å². The Morgan fingerprint density at radius 1 is 0.933 bits per heavy atom. The van der Waals surface area contributed by atoms with E-state index in [-0.39, 0.29) is 11.9 Å². The lowest BCUT2D eigenvalue weighted by Gasteiger charge is -2.22. The Kier molecular flexibility index (Phi) is 4.97. The van der Waals surface area contributed by atoms with E-state index < -0.39 is 0 Å². The minimum atomic E-state index is 0.107. The molecule has 0 unspecified atom stereocenters. The van der Waals surface area contributed by atoms with Crippen molar-refractivity contribution in [3.8, 4) is 11.3 Å². The number of amides is 1. The van der Waals surface area contributed by atoms with E-state index in [4.69, 9.17) is 0 Å². The molecule has 3 aromatic carbocycles. The van der Waals surface area contributed by atoms with E-state index in [0.29, 0.717) is 5.75 Å². The second-order valence-corrected chi connectivity index (χ2v) is 8.46. The number of benzene rings is 3. The highest BCUT2D eigenvalue weighted by Gasteiger charge is 2.30. The highest BCUT2D eigenvalue weighted by Crippen LogP contribution is 2.34. The Morgan fingerprint density at radius 3 is 2.47 bits per heavy atom. The molecule has 0 radical (unpaired) electrons. The lowest BCUT2D eigenvalue weighted by atomic mass is 10.1. The quantitative estimate of drug-likeness (QED) is 0.424. The van der Waals surface area contributed by atoms with Crippen molar-refractivity contribution < 1.29 is 4.79 Å². The van der Waals surface area contributed by atoms with Crippen LogP contribution in [0.15, 0.2) is 83.9 Å². The van der Waals surface area contributed by atoms with Crippen molar-refractivity contribution in [2.45, 2.75) is 24.4 Å². The molecule has 0 bridgehead atoms. The summed E-state index contributed by atoms with van der Waals surface area (Å²) in [6.45, 7) is 2.10. The van der Waals surface area contributed by atoms with E-state index in [1.807, 2.05) is 65.6 Å². The van der Waals surface area contributed by atoms with Crippen LogP contribution in [0.1, 0.15) is 12.5 Å². The smallest absolute Gasteiger partial charge is 0.237 e. The maximum absolute atomic E-state index is 13.1. The van der Waals surface area contributed by atoms with Gasteiger partial charge >= 0.3 is 0 Å². The molecule has 1 atom stereocenters. The van der Waals surface area contributed by atoms with E-state index in [9.17, 15) is 4.79 Å². The molecule has 1 aliphatic heterocycles. The van der Waals surface area contributed by atoms with Gasteiger partial charge in [-0.3, -0.25) is 4.79 Å². The first kappa shape index (κ1) is 18.8. The minimum absolute atomic E-state index is 0.107. The van der Waals surface area contributed by atoms with Crippen molar-refractivity contribution in [1.82, 2.24) is 10.2 Å². The van der Waals surface area contributed by atoms with Gasteiger partial charge in [-0.05, 0) is 25.0 Å². The van der Waals surface area contributed by atoms with Crippen LogP contribution in [-0.4, -0.2) is 27.9 Å². The molecule has 1 aromatic heterocycles.